The molecule has 5 aliphatic rings. The number of fused-ring (bicyclic) bond motifs is 5. The second-order valence-corrected chi connectivity index (χ2v) is 14.4. The van der Waals surface area contributed by atoms with Crippen molar-refractivity contribution < 1.29 is 14.6 Å². The summed E-state index contributed by atoms with van der Waals surface area (Å²) in [6.45, 7) is 5.49. The predicted octanol–water partition coefficient (Wildman–Crippen LogP) is 7.78. The fourth-order valence-corrected chi connectivity index (χ4v) is 10.5. The van der Waals surface area contributed by atoms with E-state index in [9.17, 15) is 9.90 Å². The van der Waals surface area contributed by atoms with Crippen LogP contribution in [0.2, 0.25) is 0 Å². The van der Waals surface area contributed by atoms with Crippen LogP contribution in [0.15, 0.2) is 24.3 Å². The van der Waals surface area contributed by atoms with Crippen LogP contribution in [0, 0.1) is 34.5 Å². The van der Waals surface area contributed by atoms with Gasteiger partial charge in [0.05, 0.1) is 12.7 Å². The molecule has 0 saturated heterocycles. The first-order valence-corrected chi connectivity index (χ1v) is 16.6. The Kier molecular flexibility index (Phi) is 8.17. The first-order chi connectivity index (χ1) is 18.9. The van der Waals surface area contributed by atoms with Crippen LogP contribution in [0.4, 0.5) is 0 Å². The minimum absolute atomic E-state index is 0.0148. The number of Topliss-reactive ketones (excluding diaryl/α,β-unsaturated/α-hetero) is 1. The van der Waals surface area contributed by atoms with Gasteiger partial charge in [-0.05, 0) is 117 Å². The van der Waals surface area contributed by atoms with E-state index in [1.54, 1.807) is 0 Å². The lowest BCUT2D eigenvalue weighted by molar-refractivity contribution is -0.145. The highest BCUT2D eigenvalue weighted by molar-refractivity contribution is 5.79. The summed E-state index contributed by atoms with van der Waals surface area (Å²) in [5.41, 5.74) is 1.68. The summed E-state index contributed by atoms with van der Waals surface area (Å²) < 4.78 is 6.46. The van der Waals surface area contributed by atoms with Crippen molar-refractivity contribution in [1.82, 2.24) is 5.32 Å². The van der Waals surface area contributed by atoms with Crippen LogP contribution in [0.5, 0.6) is 5.75 Å². The van der Waals surface area contributed by atoms with Crippen molar-refractivity contribution in [2.75, 3.05) is 6.61 Å². The molecule has 0 aromatic heterocycles. The minimum atomic E-state index is -0.194. The summed E-state index contributed by atoms with van der Waals surface area (Å²) in [4.78, 5) is 12.2. The Morgan fingerprint density at radius 2 is 1.87 bits per heavy atom. The van der Waals surface area contributed by atoms with Gasteiger partial charge in [0.1, 0.15) is 11.5 Å². The number of hydrogen-bond acceptors (Lipinski definition) is 4. The monoisotopic (exact) mass is 535 g/mol. The van der Waals surface area contributed by atoms with Gasteiger partial charge in [0.2, 0.25) is 0 Å². The third kappa shape index (κ3) is 5.23. The maximum absolute atomic E-state index is 12.2. The van der Waals surface area contributed by atoms with Gasteiger partial charge in [-0.25, -0.2) is 0 Å². The molecule has 0 spiro atoms. The number of nitrogens with one attached hydrogen (secondary N) is 1. The van der Waals surface area contributed by atoms with Crippen molar-refractivity contribution in [3.63, 3.8) is 0 Å². The summed E-state index contributed by atoms with van der Waals surface area (Å²) in [7, 11) is 0. The molecule has 1 aromatic rings. The third-order valence-electron chi connectivity index (χ3n) is 12.7. The Balaban J connectivity index is 1.11. The molecular weight excluding hydrogens is 482 g/mol. The minimum Gasteiger partial charge on any atom is -0.494 e. The number of hydrogen-bond donors (Lipinski definition) is 2. The molecule has 5 fully saturated rings. The summed E-state index contributed by atoms with van der Waals surface area (Å²) in [5.74, 6) is 4.12. The quantitative estimate of drug-likeness (QED) is 0.357. The van der Waals surface area contributed by atoms with E-state index in [4.69, 9.17) is 4.74 Å². The summed E-state index contributed by atoms with van der Waals surface area (Å²) in [5, 5.41) is 15.3. The normalized spacial score (nSPS) is 39.5. The highest BCUT2D eigenvalue weighted by Gasteiger charge is 2.61. The number of aliphatic hydroxyl groups is 1. The average molecular weight is 536 g/mol. The van der Waals surface area contributed by atoms with Gasteiger partial charge in [0, 0.05) is 30.3 Å². The van der Waals surface area contributed by atoms with E-state index in [-0.39, 0.29) is 11.5 Å². The molecular formula is C35H53NO3. The maximum atomic E-state index is 12.2. The van der Waals surface area contributed by atoms with Crippen molar-refractivity contribution in [3.8, 4) is 5.75 Å². The smallest absolute Gasteiger partial charge is 0.133 e. The Hall–Kier alpha value is -1.39. The van der Waals surface area contributed by atoms with Crippen LogP contribution in [0.3, 0.4) is 0 Å². The van der Waals surface area contributed by atoms with Gasteiger partial charge in [-0.3, -0.25) is 4.79 Å². The number of ether oxygens (including phenoxy) is 1. The van der Waals surface area contributed by atoms with Gasteiger partial charge >= 0.3 is 0 Å². The fraction of sp³-hybridized carbons (Fsp3) is 0.800. The highest BCUT2D eigenvalue weighted by atomic mass is 16.5. The number of rotatable bonds is 8. The zero-order valence-corrected chi connectivity index (χ0v) is 24.6. The molecule has 4 nitrogen and oxygen atoms in total. The lowest BCUT2D eigenvalue weighted by atomic mass is 9.44. The Morgan fingerprint density at radius 1 is 1.03 bits per heavy atom. The van der Waals surface area contributed by atoms with Crippen molar-refractivity contribution in [2.24, 2.45) is 34.5 Å². The van der Waals surface area contributed by atoms with Gasteiger partial charge in [0.25, 0.3) is 0 Å². The molecule has 216 valence electrons. The van der Waals surface area contributed by atoms with Crippen molar-refractivity contribution in [2.45, 2.75) is 135 Å². The molecule has 8 atom stereocenters. The first kappa shape index (κ1) is 27.8. The molecule has 4 heteroatoms. The second-order valence-electron chi connectivity index (χ2n) is 14.4. The standard InChI is InChI=1S/C35H53NO3/c1-3-32(36-26-9-5-4-6-10-26)24-8-7-11-28(22-24)39-21-20-35-19-17-30-29(31(35)14-15-33(35)38)13-12-25-23-27(37)16-18-34(25,30)2/h7-8,11,22,25-26,29-33,36,38H,3-6,9-10,12-21,23H2,1-2H3/t25?,29?,30?,31?,32-,33?,34+,35-/m1/s1. The van der Waals surface area contributed by atoms with E-state index in [0.29, 0.717) is 47.6 Å². The van der Waals surface area contributed by atoms with E-state index in [1.165, 1.54) is 63.4 Å². The lowest BCUT2D eigenvalue weighted by Gasteiger charge is -2.60. The van der Waals surface area contributed by atoms with Gasteiger partial charge in [-0.1, -0.05) is 45.2 Å². The second kappa shape index (κ2) is 11.5. The summed E-state index contributed by atoms with van der Waals surface area (Å²) in [6, 6.07) is 9.81. The number of aliphatic hydroxyl groups excluding tert-OH is 1. The molecule has 5 aliphatic carbocycles. The van der Waals surface area contributed by atoms with Crippen molar-refractivity contribution in [1.29, 1.82) is 0 Å². The first-order valence-electron chi connectivity index (χ1n) is 16.6. The molecule has 0 heterocycles. The fourth-order valence-electron chi connectivity index (χ4n) is 10.5. The molecule has 0 aliphatic heterocycles. The SMILES string of the molecule is CC[C@@H](NC1CCCCC1)c1cccc(OCC[C@]23CCC4C(CCC5CC(=O)CC[C@@]54C)C2CCC3O)c1. The zero-order chi connectivity index (χ0) is 27.0. The van der Waals surface area contributed by atoms with Crippen molar-refractivity contribution >= 4 is 5.78 Å². The van der Waals surface area contributed by atoms with Crippen LogP contribution in [-0.2, 0) is 4.79 Å². The van der Waals surface area contributed by atoms with Gasteiger partial charge in [-0.15, -0.1) is 0 Å². The lowest BCUT2D eigenvalue weighted by Crippen LogP contribution is -2.55. The average Bonchev–Trinajstić information content (AvgIpc) is 3.29. The number of ketones is 1. The maximum Gasteiger partial charge on any atom is 0.133 e. The van der Waals surface area contributed by atoms with E-state index >= 15 is 0 Å². The van der Waals surface area contributed by atoms with E-state index in [0.717, 1.165) is 56.6 Å². The Morgan fingerprint density at radius 3 is 2.69 bits per heavy atom. The number of benzene rings is 1. The van der Waals surface area contributed by atoms with Gasteiger partial charge in [0.15, 0.2) is 0 Å². The summed E-state index contributed by atoms with van der Waals surface area (Å²) >= 11 is 0. The van der Waals surface area contributed by atoms with Crippen LogP contribution in [0.1, 0.15) is 128 Å². The highest BCUT2D eigenvalue weighted by Crippen LogP contribution is 2.66. The van der Waals surface area contributed by atoms with E-state index in [2.05, 4.69) is 43.4 Å². The summed E-state index contributed by atoms with van der Waals surface area (Å²) in [6.07, 6.45) is 18.2. The van der Waals surface area contributed by atoms with E-state index in [1.807, 2.05) is 0 Å². The molecule has 39 heavy (non-hydrogen) atoms. The number of carbonyl (C=O) groups excluding carboxylic acids is 1. The van der Waals surface area contributed by atoms with Crippen LogP contribution < -0.4 is 10.1 Å². The Labute approximate surface area is 237 Å². The van der Waals surface area contributed by atoms with Gasteiger partial charge in [-0.2, -0.15) is 0 Å². The van der Waals surface area contributed by atoms with Crippen LogP contribution >= 0.6 is 0 Å². The molecule has 5 unspecified atom stereocenters. The Bertz CT molecular complexity index is 1000. The molecule has 0 radical (unpaired) electrons. The topological polar surface area (TPSA) is 58.6 Å². The predicted molar refractivity (Wildman–Crippen MR) is 157 cm³/mol. The van der Waals surface area contributed by atoms with Crippen LogP contribution in [0.25, 0.3) is 0 Å². The zero-order valence-electron chi connectivity index (χ0n) is 24.6. The van der Waals surface area contributed by atoms with E-state index < -0.39 is 0 Å². The van der Waals surface area contributed by atoms with Crippen molar-refractivity contribution in [3.05, 3.63) is 29.8 Å². The molecule has 6 rings (SSSR count). The molecule has 2 N–H and O–H groups in total. The molecule has 1 aromatic carbocycles. The van der Waals surface area contributed by atoms with Crippen LogP contribution in [-0.4, -0.2) is 29.6 Å². The molecule has 0 bridgehead atoms. The van der Waals surface area contributed by atoms with Gasteiger partial charge < -0.3 is 15.2 Å². The molecule has 0 amide bonds. The molecule has 5 saturated carbocycles. The number of carbonyl (C=O) groups is 1. The third-order valence-corrected chi connectivity index (χ3v) is 12.7. The largest absolute Gasteiger partial charge is 0.494 e.